The van der Waals surface area contributed by atoms with E-state index in [4.69, 9.17) is 0 Å². The highest BCUT2D eigenvalue weighted by Gasteiger charge is 2.25. The summed E-state index contributed by atoms with van der Waals surface area (Å²) in [5.74, 6) is -1.01. The fourth-order valence-electron chi connectivity index (χ4n) is 2.53. The molecule has 0 bridgehead atoms. The second kappa shape index (κ2) is 4.80. The van der Waals surface area contributed by atoms with Gasteiger partial charge in [-0.05, 0) is 23.6 Å². The predicted octanol–water partition coefficient (Wildman–Crippen LogP) is 1.31. The summed E-state index contributed by atoms with van der Waals surface area (Å²) in [6, 6.07) is 5.19. The smallest absolute Gasteiger partial charge is 0.335 e. The van der Waals surface area contributed by atoms with Gasteiger partial charge in [0.25, 0.3) is 5.91 Å². The number of rotatable bonds is 2. The van der Waals surface area contributed by atoms with Crippen LogP contribution in [0.1, 0.15) is 31.8 Å². The van der Waals surface area contributed by atoms with Crippen LogP contribution in [-0.4, -0.2) is 38.6 Å². The van der Waals surface area contributed by atoms with Crippen molar-refractivity contribution in [1.82, 2.24) is 15.1 Å². The van der Waals surface area contributed by atoms with Crippen LogP contribution in [0.15, 0.2) is 30.6 Å². The van der Waals surface area contributed by atoms with E-state index >= 15 is 0 Å². The Morgan fingerprint density at radius 1 is 1.35 bits per heavy atom. The number of hydrogen-bond acceptors (Lipinski definition) is 3. The summed E-state index contributed by atoms with van der Waals surface area (Å²) in [4.78, 5) is 25.1. The van der Waals surface area contributed by atoms with Crippen LogP contribution in [0.4, 0.5) is 0 Å². The number of nitrogens with zero attached hydrogens (tertiary/aromatic N) is 2. The molecular formula is C14H13N3O3. The van der Waals surface area contributed by atoms with Gasteiger partial charge in [0.2, 0.25) is 0 Å². The van der Waals surface area contributed by atoms with Crippen molar-refractivity contribution in [1.29, 1.82) is 0 Å². The molecule has 0 radical (unpaired) electrons. The van der Waals surface area contributed by atoms with Crippen molar-refractivity contribution in [2.24, 2.45) is 0 Å². The molecule has 0 aliphatic carbocycles. The first-order valence-corrected chi connectivity index (χ1v) is 6.29. The van der Waals surface area contributed by atoms with Crippen LogP contribution in [0.25, 0.3) is 0 Å². The second-order valence-electron chi connectivity index (χ2n) is 4.71. The number of aromatic carboxylic acids is 1. The Balaban J connectivity index is 1.88. The number of benzene rings is 1. The number of nitrogens with one attached hydrogen (secondary N) is 1. The Bertz CT molecular complexity index is 664. The molecule has 2 heterocycles. The van der Waals surface area contributed by atoms with Crippen molar-refractivity contribution >= 4 is 11.9 Å². The number of carboxylic acids is 1. The molecule has 3 rings (SSSR count). The number of carbonyl (C=O) groups is 2. The van der Waals surface area contributed by atoms with Gasteiger partial charge in [0.15, 0.2) is 0 Å². The minimum atomic E-state index is -0.920. The van der Waals surface area contributed by atoms with Gasteiger partial charge in [-0.15, -0.1) is 0 Å². The third kappa shape index (κ3) is 2.05. The van der Waals surface area contributed by atoms with Crippen molar-refractivity contribution in [2.75, 3.05) is 6.54 Å². The third-order valence-electron chi connectivity index (χ3n) is 3.53. The number of amides is 1. The quantitative estimate of drug-likeness (QED) is 0.862. The molecule has 1 aromatic carbocycles. The fraction of sp³-hybridized carbons (Fsp3) is 0.214. The molecule has 0 spiro atoms. The predicted molar refractivity (Wildman–Crippen MR) is 70.4 cm³/mol. The maximum Gasteiger partial charge on any atom is 0.335 e. The zero-order valence-electron chi connectivity index (χ0n) is 10.7. The summed E-state index contributed by atoms with van der Waals surface area (Å²) in [6.45, 7) is 0.946. The number of aromatic nitrogens is 2. The number of hydrogen-bond donors (Lipinski definition) is 2. The van der Waals surface area contributed by atoms with E-state index in [1.54, 1.807) is 23.2 Å². The van der Waals surface area contributed by atoms with E-state index in [0.29, 0.717) is 30.6 Å². The van der Waals surface area contributed by atoms with Gasteiger partial charge in [-0.25, -0.2) is 4.79 Å². The van der Waals surface area contributed by atoms with Crippen LogP contribution in [0.5, 0.6) is 0 Å². The summed E-state index contributed by atoms with van der Waals surface area (Å²) in [6.07, 6.45) is 3.61. The van der Waals surface area contributed by atoms with Gasteiger partial charge in [0.05, 0.1) is 17.3 Å². The fourth-order valence-corrected chi connectivity index (χ4v) is 2.53. The summed E-state index contributed by atoms with van der Waals surface area (Å²) in [5, 5.41) is 15.6. The molecule has 2 N–H and O–H groups in total. The summed E-state index contributed by atoms with van der Waals surface area (Å²) >= 11 is 0. The SMILES string of the molecule is O=C(O)c1cccc2c1CCN(C(=O)c1cn[nH]c1)C2. The van der Waals surface area contributed by atoms with Gasteiger partial charge in [-0.2, -0.15) is 5.10 Å². The molecule has 0 fully saturated rings. The molecule has 1 amide bonds. The molecule has 2 aromatic rings. The summed E-state index contributed by atoms with van der Waals surface area (Å²) < 4.78 is 0. The van der Waals surface area contributed by atoms with E-state index in [1.165, 1.54) is 6.20 Å². The van der Waals surface area contributed by atoms with E-state index in [1.807, 2.05) is 6.07 Å². The maximum atomic E-state index is 12.2. The summed E-state index contributed by atoms with van der Waals surface area (Å²) in [5.41, 5.74) is 2.57. The number of carboxylic acid groups (broad SMARTS) is 1. The summed E-state index contributed by atoms with van der Waals surface area (Å²) in [7, 11) is 0. The highest BCUT2D eigenvalue weighted by molar-refractivity contribution is 5.94. The van der Waals surface area contributed by atoms with Gasteiger partial charge >= 0.3 is 5.97 Å². The van der Waals surface area contributed by atoms with Crippen molar-refractivity contribution in [3.8, 4) is 0 Å². The Labute approximate surface area is 115 Å². The number of H-pyrrole nitrogens is 1. The molecule has 0 unspecified atom stereocenters. The molecule has 0 atom stereocenters. The highest BCUT2D eigenvalue weighted by atomic mass is 16.4. The topological polar surface area (TPSA) is 86.3 Å². The molecule has 0 saturated carbocycles. The Hall–Kier alpha value is -2.63. The lowest BCUT2D eigenvalue weighted by Gasteiger charge is -2.29. The minimum absolute atomic E-state index is 0.0925. The van der Waals surface area contributed by atoms with Crippen LogP contribution in [0.2, 0.25) is 0 Å². The van der Waals surface area contributed by atoms with E-state index in [-0.39, 0.29) is 5.91 Å². The normalized spacial score (nSPS) is 13.9. The van der Waals surface area contributed by atoms with E-state index < -0.39 is 5.97 Å². The van der Waals surface area contributed by atoms with Crippen molar-refractivity contribution < 1.29 is 14.7 Å². The largest absolute Gasteiger partial charge is 0.478 e. The number of aromatic amines is 1. The number of fused-ring (bicyclic) bond motifs is 1. The molecule has 1 aliphatic rings. The molecule has 102 valence electrons. The Morgan fingerprint density at radius 2 is 2.20 bits per heavy atom. The van der Waals surface area contributed by atoms with E-state index in [0.717, 1.165) is 11.1 Å². The molecule has 6 nitrogen and oxygen atoms in total. The number of carbonyl (C=O) groups excluding carboxylic acids is 1. The maximum absolute atomic E-state index is 12.2. The molecule has 0 saturated heterocycles. The van der Waals surface area contributed by atoms with Crippen molar-refractivity contribution in [3.63, 3.8) is 0 Å². The van der Waals surface area contributed by atoms with Gasteiger partial charge in [-0.3, -0.25) is 9.89 Å². The van der Waals surface area contributed by atoms with Gasteiger partial charge in [0.1, 0.15) is 0 Å². The average Bonchev–Trinajstić information content (AvgIpc) is 2.99. The van der Waals surface area contributed by atoms with Gasteiger partial charge in [-0.1, -0.05) is 12.1 Å². The molecule has 1 aromatic heterocycles. The van der Waals surface area contributed by atoms with Crippen LogP contribution < -0.4 is 0 Å². The lowest BCUT2D eigenvalue weighted by molar-refractivity contribution is 0.0694. The lowest BCUT2D eigenvalue weighted by atomic mass is 9.94. The van der Waals surface area contributed by atoms with Crippen LogP contribution in [-0.2, 0) is 13.0 Å². The van der Waals surface area contributed by atoms with Crippen molar-refractivity contribution in [3.05, 3.63) is 52.8 Å². The first-order chi connectivity index (χ1) is 9.66. The zero-order chi connectivity index (χ0) is 14.1. The second-order valence-corrected chi connectivity index (χ2v) is 4.71. The van der Waals surface area contributed by atoms with E-state index in [2.05, 4.69) is 10.2 Å². The molecule has 20 heavy (non-hydrogen) atoms. The molecule has 6 heteroatoms. The van der Waals surface area contributed by atoms with Crippen molar-refractivity contribution in [2.45, 2.75) is 13.0 Å². The average molecular weight is 271 g/mol. The van der Waals surface area contributed by atoms with Crippen LogP contribution in [0.3, 0.4) is 0 Å². The highest BCUT2D eigenvalue weighted by Crippen LogP contribution is 2.23. The Morgan fingerprint density at radius 3 is 2.90 bits per heavy atom. The van der Waals surface area contributed by atoms with Gasteiger partial charge < -0.3 is 10.0 Å². The Kier molecular flexibility index (Phi) is 2.98. The standard InChI is InChI=1S/C14H13N3O3/c18-13(10-6-15-16-7-10)17-5-4-11-9(8-17)2-1-3-12(11)14(19)20/h1-3,6-7H,4-5,8H2,(H,15,16)(H,19,20). The molecular weight excluding hydrogens is 258 g/mol. The minimum Gasteiger partial charge on any atom is -0.478 e. The first-order valence-electron chi connectivity index (χ1n) is 6.29. The van der Waals surface area contributed by atoms with Crippen LogP contribution >= 0.6 is 0 Å². The zero-order valence-corrected chi connectivity index (χ0v) is 10.7. The van der Waals surface area contributed by atoms with Crippen LogP contribution in [0, 0.1) is 0 Å². The third-order valence-corrected chi connectivity index (χ3v) is 3.53. The van der Waals surface area contributed by atoms with E-state index in [9.17, 15) is 14.7 Å². The molecule has 1 aliphatic heterocycles. The lowest BCUT2D eigenvalue weighted by Crippen LogP contribution is -2.36. The monoisotopic (exact) mass is 271 g/mol. The van der Waals surface area contributed by atoms with Gasteiger partial charge in [0, 0.05) is 19.3 Å². The first kappa shape index (κ1) is 12.4.